The number of anilines is 2. The van der Waals surface area contributed by atoms with Crippen molar-refractivity contribution >= 4 is 34.9 Å². The normalized spacial score (nSPS) is 12.2. The van der Waals surface area contributed by atoms with Crippen LogP contribution < -0.4 is 9.80 Å². The number of hydrogen-bond donors (Lipinski definition) is 0. The maximum Gasteiger partial charge on any atom is 0.341 e. The van der Waals surface area contributed by atoms with E-state index in [-0.39, 0.29) is 11.1 Å². The summed E-state index contributed by atoms with van der Waals surface area (Å²) in [5.74, 6) is -0.802. The molecule has 0 bridgehead atoms. The van der Waals surface area contributed by atoms with E-state index < -0.39 is 18.4 Å². The van der Waals surface area contributed by atoms with Crippen molar-refractivity contribution in [2.75, 3.05) is 30.5 Å². The molecule has 1 aromatic heterocycles. The number of nitrogens with zero attached hydrogens (tertiary/aromatic N) is 4. The fraction of sp³-hybridized carbons (Fsp3) is 0.120. The van der Waals surface area contributed by atoms with E-state index in [0.717, 1.165) is 16.3 Å². The smallest absolute Gasteiger partial charge is 0.341 e. The number of rotatable bonds is 6. The highest BCUT2D eigenvalue weighted by atomic mass is 32.2. The third kappa shape index (κ3) is 4.45. The Morgan fingerprint density at radius 1 is 0.970 bits per heavy atom. The number of esters is 1. The van der Waals surface area contributed by atoms with Gasteiger partial charge in [-0.1, -0.05) is 42.1 Å². The summed E-state index contributed by atoms with van der Waals surface area (Å²) in [7, 11) is 3.58. The summed E-state index contributed by atoms with van der Waals surface area (Å²) in [6, 6.07) is 22.3. The van der Waals surface area contributed by atoms with E-state index in [0.29, 0.717) is 10.8 Å². The molecule has 0 N–H and O–H groups in total. The van der Waals surface area contributed by atoms with E-state index in [2.05, 4.69) is 4.98 Å². The van der Waals surface area contributed by atoms with Gasteiger partial charge in [0.25, 0.3) is 0 Å². The Kier molecular flexibility index (Phi) is 6.43. The molecule has 0 aliphatic carbocycles. The lowest BCUT2D eigenvalue weighted by Crippen LogP contribution is -2.28. The topological polar surface area (TPSA) is 86.5 Å². The van der Waals surface area contributed by atoms with E-state index in [9.17, 15) is 14.9 Å². The maximum atomic E-state index is 12.9. The molecule has 4 rings (SSSR count). The Morgan fingerprint density at radius 2 is 1.61 bits per heavy atom. The summed E-state index contributed by atoms with van der Waals surface area (Å²) in [4.78, 5) is 34.4. The van der Waals surface area contributed by atoms with Gasteiger partial charge in [-0.25, -0.2) is 9.78 Å². The van der Waals surface area contributed by atoms with Gasteiger partial charge in [0.15, 0.2) is 6.61 Å². The summed E-state index contributed by atoms with van der Waals surface area (Å²) < 4.78 is 5.29. The van der Waals surface area contributed by atoms with Crippen molar-refractivity contribution in [1.82, 2.24) is 4.98 Å². The van der Waals surface area contributed by atoms with Gasteiger partial charge in [0, 0.05) is 25.2 Å². The molecule has 0 radical (unpaired) electrons. The molecule has 0 spiro atoms. The monoisotopic (exact) mass is 456 g/mol. The van der Waals surface area contributed by atoms with Gasteiger partial charge < -0.3 is 14.5 Å². The number of fused-ring (bicyclic) bond motifs is 1. The lowest BCUT2D eigenvalue weighted by molar-refractivity contribution is -0.118. The zero-order valence-electron chi connectivity index (χ0n) is 18.1. The molecule has 1 aliphatic heterocycles. The first kappa shape index (κ1) is 22.1. The number of benzene rings is 2. The zero-order chi connectivity index (χ0) is 23.4. The highest BCUT2D eigenvalue weighted by Gasteiger charge is 2.31. The maximum absolute atomic E-state index is 12.9. The summed E-state index contributed by atoms with van der Waals surface area (Å²) in [5.41, 5.74) is 1.94. The molecule has 8 heteroatoms. The minimum atomic E-state index is -0.673. The van der Waals surface area contributed by atoms with Gasteiger partial charge >= 0.3 is 5.97 Å². The molecule has 7 nitrogen and oxygen atoms in total. The third-order valence-electron chi connectivity index (χ3n) is 5.14. The van der Waals surface area contributed by atoms with Crippen molar-refractivity contribution in [3.05, 3.63) is 89.9 Å². The second-order valence-electron chi connectivity index (χ2n) is 7.19. The van der Waals surface area contributed by atoms with Crippen molar-refractivity contribution in [1.29, 1.82) is 5.26 Å². The lowest BCUT2D eigenvalue weighted by Gasteiger charge is -2.19. The van der Waals surface area contributed by atoms with Crippen molar-refractivity contribution in [2.24, 2.45) is 0 Å². The van der Waals surface area contributed by atoms with Gasteiger partial charge in [0.1, 0.15) is 22.5 Å². The molecule has 0 fully saturated rings. The summed E-state index contributed by atoms with van der Waals surface area (Å²) in [5, 5.41) is 10.2. The average molecular weight is 457 g/mol. The standard InChI is InChI=1S/C25H20N4O3S/c1-28-20-12-6-7-13-21(20)29(2)24(28)19(15-26)22(30)16-32-25(31)18-11-8-14-27-23(18)33-17-9-4-3-5-10-17/h3-14H,16H2,1-2H3. The van der Waals surface area contributed by atoms with Gasteiger partial charge in [-0.3, -0.25) is 4.79 Å². The van der Waals surface area contributed by atoms with Gasteiger partial charge in [-0.15, -0.1) is 0 Å². The first-order chi connectivity index (χ1) is 16.0. The number of pyridine rings is 1. The Balaban J connectivity index is 1.51. The SMILES string of the molecule is CN1C(=C(C#N)C(=O)COC(=O)c2cccnc2Sc2ccccc2)N(C)c2ccccc21. The fourth-order valence-electron chi connectivity index (χ4n) is 3.57. The van der Waals surface area contributed by atoms with E-state index in [1.54, 1.807) is 42.2 Å². The van der Waals surface area contributed by atoms with Crippen LogP contribution in [0, 0.1) is 11.3 Å². The molecule has 2 aromatic carbocycles. The number of ketones is 1. The van der Waals surface area contributed by atoms with Crippen LogP contribution in [0.25, 0.3) is 0 Å². The van der Waals surface area contributed by atoms with E-state index >= 15 is 0 Å². The third-order valence-corrected chi connectivity index (χ3v) is 6.16. The van der Waals surface area contributed by atoms with E-state index in [4.69, 9.17) is 4.74 Å². The molecule has 0 atom stereocenters. The number of carbonyl (C=O) groups is 2. The van der Waals surface area contributed by atoms with Crippen LogP contribution in [-0.2, 0) is 9.53 Å². The molecule has 0 unspecified atom stereocenters. The molecule has 3 aromatic rings. The number of carbonyl (C=O) groups excluding carboxylic acids is 2. The minimum Gasteiger partial charge on any atom is -0.454 e. The summed E-state index contributed by atoms with van der Waals surface area (Å²) in [6.45, 7) is -0.548. The number of nitriles is 1. The molecular weight excluding hydrogens is 436 g/mol. The van der Waals surface area contributed by atoms with Crippen LogP contribution in [0.4, 0.5) is 11.4 Å². The van der Waals surface area contributed by atoms with Crippen LogP contribution in [0.2, 0.25) is 0 Å². The molecule has 164 valence electrons. The van der Waals surface area contributed by atoms with Crippen LogP contribution in [0.1, 0.15) is 10.4 Å². The fourth-order valence-corrected chi connectivity index (χ4v) is 4.46. The number of Topliss-reactive ketones (excluding diaryl/α,β-unsaturated/α-hetero) is 1. The zero-order valence-corrected chi connectivity index (χ0v) is 18.9. The van der Waals surface area contributed by atoms with Crippen LogP contribution in [0.5, 0.6) is 0 Å². The summed E-state index contributed by atoms with van der Waals surface area (Å²) in [6.07, 6.45) is 1.59. The van der Waals surface area contributed by atoms with Crippen molar-refractivity contribution in [2.45, 2.75) is 9.92 Å². The summed E-state index contributed by atoms with van der Waals surface area (Å²) >= 11 is 1.33. The molecule has 0 amide bonds. The quantitative estimate of drug-likeness (QED) is 0.309. The predicted octanol–water partition coefficient (Wildman–Crippen LogP) is 4.28. The van der Waals surface area contributed by atoms with Gasteiger partial charge in [0.2, 0.25) is 5.78 Å². The number of hydrogen-bond acceptors (Lipinski definition) is 8. The van der Waals surface area contributed by atoms with Gasteiger partial charge in [0.05, 0.1) is 16.9 Å². The van der Waals surface area contributed by atoms with Crippen molar-refractivity contribution in [3.8, 4) is 6.07 Å². The Hall–Kier alpha value is -4.09. The van der Waals surface area contributed by atoms with Crippen LogP contribution >= 0.6 is 11.8 Å². The largest absolute Gasteiger partial charge is 0.454 e. The first-order valence-corrected chi connectivity index (χ1v) is 10.9. The lowest BCUT2D eigenvalue weighted by atomic mass is 10.2. The molecular formula is C25H20N4O3S. The molecule has 0 saturated heterocycles. The van der Waals surface area contributed by atoms with Crippen molar-refractivity contribution in [3.63, 3.8) is 0 Å². The number of aromatic nitrogens is 1. The molecule has 2 heterocycles. The Morgan fingerprint density at radius 3 is 2.24 bits per heavy atom. The minimum absolute atomic E-state index is 0.0749. The molecule has 0 saturated carbocycles. The van der Waals surface area contributed by atoms with Crippen LogP contribution in [-0.4, -0.2) is 37.4 Å². The molecule has 1 aliphatic rings. The van der Waals surface area contributed by atoms with Crippen LogP contribution in [0.15, 0.2) is 94.2 Å². The van der Waals surface area contributed by atoms with Gasteiger partial charge in [-0.05, 0) is 36.4 Å². The van der Waals surface area contributed by atoms with Crippen LogP contribution in [0.3, 0.4) is 0 Å². The number of para-hydroxylation sites is 2. The van der Waals surface area contributed by atoms with E-state index in [1.807, 2.05) is 60.7 Å². The first-order valence-electron chi connectivity index (χ1n) is 10.1. The second kappa shape index (κ2) is 9.59. The van der Waals surface area contributed by atoms with E-state index in [1.165, 1.54) is 11.8 Å². The second-order valence-corrected chi connectivity index (χ2v) is 8.25. The number of ether oxygens (including phenoxy) is 1. The highest BCUT2D eigenvalue weighted by Crippen LogP contribution is 2.40. The molecule has 33 heavy (non-hydrogen) atoms. The Labute approximate surface area is 195 Å². The van der Waals surface area contributed by atoms with Crippen molar-refractivity contribution < 1.29 is 14.3 Å². The average Bonchev–Trinajstić information content (AvgIpc) is 3.09. The Bertz CT molecular complexity index is 1250. The predicted molar refractivity (Wildman–Crippen MR) is 126 cm³/mol. The highest BCUT2D eigenvalue weighted by molar-refractivity contribution is 7.99. The van der Waals surface area contributed by atoms with Gasteiger partial charge in [-0.2, -0.15) is 5.26 Å².